The van der Waals surface area contributed by atoms with Gasteiger partial charge in [-0.3, -0.25) is 4.79 Å². The summed E-state index contributed by atoms with van der Waals surface area (Å²) >= 11 is 7.40. The first-order chi connectivity index (χ1) is 8.02. The van der Waals surface area contributed by atoms with Gasteiger partial charge in [0.1, 0.15) is 0 Å². The molecule has 1 aromatic carbocycles. The van der Waals surface area contributed by atoms with E-state index in [0.29, 0.717) is 5.02 Å². The van der Waals surface area contributed by atoms with Crippen molar-refractivity contribution in [1.82, 2.24) is 5.32 Å². The van der Waals surface area contributed by atoms with Crippen molar-refractivity contribution in [2.75, 3.05) is 0 Å². The molecule has 1 atom stereocenters. The third kappa shape index (κ3) is 5.00. The summed E-state index contributed by atoms with van der Waals surface area (Å²) in [5.41, 5.74) is 0. The molecule has 0 bridgehead atoms. The molecule has 1 rings (SSSR count). The van der Waals surface area contributed by atoms with E-state index < -0.39 is 0 Å². The molecule has 0 aliphatic carbocycles. The van der Waals surface area contributed by atoms with E-state index in [4.69, 9.17) is 11.6 Å². The predicted molar refractivity (Wildman–Crippen MR) is 74.7 cm³/mol. The van der Waals surface area contributed by atoms with E-state index in [1.165, 1.54) is 0 Å². The third-order valence-electron chi connectivity index (χ3n) is 2.19. The second kappa shape index (κ2) is 6.92. The van der Waals surface area contributed by atoms with Gasteiger partial charge in [-0.15, -0.1) is 11.8 Å². The number of carbonyl (C=O) groups excluding carboxylic acids is 1. The number of nitrogens with one attached hydrogen (secondary N) is 1. The third-order valence-corrected chi connectivity index (χ3v) is 3.81. The Morgan fingerprint density at radius 3 is 2.41 bits per heavy atom. The summed E-state index contributed by atoms with van der Waals surface area (Å²) in [5.74, 6) is 0.0995. The summed E-state index contributed by atoms with van der Waals surface area (Å²) in [4.78, 5) is 13.0. The van der Waals surface area contributed by atoms with Gasteiger partial charge in [-0.05, 0) is 44.5 Å². The molecule has 0 aliphatic rings. The molecule has 2 nitrogen and oxygen atoms in total. The predicted octanol–water partition coefficient (Wildman–Crippen LogP) is 3.74. The molecule has 0 heterocycles. The van der Waals surface area contributed by atoms with Crippen LogP contribution in [0.4, 0.5) is 0 Å². The first kappa shape index (κ1) is 14.4. The standard InChI is InChI=1S/C13H18ClNOS/c1-4-12(13(16)15-9(2)3)17-11-7-5-10(14)6-8-11/h5-9,12H,4H2,1-3H3,(H,15,16)/t12-/m1/s1. The number of hydrogen-bond donors (Lipinski definition) is 1. The van der Waals surface area contributed by atoms with Crippen molar-refractivity contribution in [2.45, 2.75) is 43.4 Å². The summed E-state index contributed by atoms with van der Waals surface area (Å²) in [6.07, 6.45) is 0.811. The molecule has 0 unspecified atom stereocenters. The van der Waals surface area contributed by atoms with E-state index in [2.05, 4.69) is 5.32 Å². The van der Waals surface area contributed by atoms with Gasteiger partial charge in [0.2, 0.25) is 5.91 Å². The van der Waals surface area contributed by atoms with Gasteiger partial charge in [-0.1, -0.05) is 18.5 Å². The Hall–Kier alpha value is -0.670. The molecule has 0 radical (unpaired) electrons. The van der Waals surface area contributed by atoms with Crippen LogP contribution in [-0.4, -0.2) is 17.2 Å². The second-order valence-electron chi connectivity index (χ2n) is 4.13. The fourth-order valence-corrected chi connectivity index (χ4v) is 2.47. The molecule has 94 valence electrons. The van der Waals surface area contributed by atoms with Crippen molar-refractivity contribution in [1.29, 1.82) is 0 Å². The van der Waals surface area contributed by atoms with Gasteiger partial charge in [0, 0.05) is 16.0 Å². The lowest BCUT2D eigenvalue weighted by atomic mass is 10.3. The van der Waals surface area contributed by atoms with E-state index in [0.717, 1.165) is 11.3 Å². The molecule has 1 N–H and O–H groups in total. The zero-order valence-electron chi connectivity index (χ0n) is 10.4. The van der Waals surface area contributed by atoms with Crippen molar-refractivity contribution in [3.05, 3.63) is 29.3 Å². The van der Waals surface area contributed by atoms with Crippen LogP contribution in [0.3, 0.4) is 0 Å². The molecule has 0 saturated carbocycles. The van der Waals surface area contributed by atoms with Crippen molar-refractivity contribution in [2.24, 2.45) is 0 Å². The average Bonchev–Trinajstić information content (AvgIpc) is 2.27. The van der Waals surface area contributed by atoms with Crippen LogP contribution in [-0.2, 0) is 4.79 Å². The molecule has 0 saturated heterocycles. The molecule has 0 fully saturated rings. The highest BCUT2D eigenvalue weighted by molar-refractivity contribution is 8.00. The van der Waals surface area contributed by atoms with Gasteiger partial charge < -0.3 is 5.32 Å². The van der Waals surface area contributed by atoms with Crippen molar-refractivity contribution in [3.8, 4) is 0 Å². The number of halogens is 1. The topological polar surface area (TPSA) is 29.1 Å². The minimum atomic E-state index is -0.0430. The molecule has 4 heteroatoms. The maximum atomic E-state index is 11.9. The summed E-state index contributed by atoms with van der Waals surface area (Å²) in [5, 5.41) is 3.61. The first-order valence-electron chi connectivity index (χ1n) is 5.75. The monoisotopic (exact) mass is 271 g/mol. The minimum absolute atomic E-state index is 0.0430. The van der Waals surface area contributed by atoms with Crippen LogP contribution in [0, 0.1) is 0 Å². The van der Waals surface area contributed by atoms with Gasteiger partial charge in [-0.25, -0.2) is 0 Å². The van der Waals surface area contributed by atoms with E-state index in [1.54, 1.807) is 11.8 Å². The molecule has 0 spiro atoms. The van der Waals surface area contributed by atoms with Crippen LogP contribution in [0.25, 0.3) is 0 Å². The number of amides is 1. The van der Waals surface area contributed by atoms with Gasteiger partial charge in [-0.2, -0.15) is 0 Å². The number of carbonyl (C=O) groups is 1. The molecule has 1 aromatic rings. The highest BCUT2D eigenvalue weighted by atomic mass is 35.5. The Labute approximate surface area is 112 Å². The van der Waals surface area contributed by atoms with Crippen molar-refractivity contribution >= 4 is 29.3 Å². The Morgan fingerprint density at radius 1 is 1.35 bits per heavy atom. The lowest BCUT2D eigenvalue weighted by Gasteiger charge is -2.16. The summed E-state index contributed by atoms with van der Waals surface area (Å²) in [6, 6.07) is 7.76. The van der Waals surface area contributed by atoms with Crippen molar-refractivity contribution in [3.63, 3.8) is 0 Å². The van der Waals surface area contributed by atoms with Gasteiger partial charge >= 0.3 is 0 Å². The van der Waals surface area contributed by atoms with E-state index in [9.17, 15) is 4.79 Å². The highest BCUT2D eigenvalue weighted by Crippen LogP contribution is 2.26. The quantitative estimate of drug-likeness (QED) is 0.827. The first-order valence-corrected chi connectivity index (χ1v) is 7.01. The SMILES string of the molecule is CC[C@@H](Sc1ccc(Cl)cc1)C(=O)NC(C)C. The fourth-order valence-electron chi connectivity index (χ4n) is 1.38. The summed E-state index contributed by atoms with van der Waals surface area (Å²) in [6.45, 7) is 5.96. The largest absolute Gasteiger partial charge is 0.353 e. The lowest BCUT2D eigenvalue weighted by molar-refractivity contribution is -0.121. The van der Waals surface area contributed by atoms with Crippen LogP contribution >= 0.6 is 23.4 Å². The van der Waals surface area contributed by atoms with Crippen LogP contribution < -0.4 is 5.32 Å². The molecule has 1 amide bonds. The van der Waals surface area contributed by atoms with Crippen LogP contribution in [0.1, 0.15) is 27.2 Å². The Morgan fingerprint density at radius 2 is 1.94 bits per heavy atom. The Kier molecular flexibility index (Phi) is 5.86. The Bertz CT molecular complexity index is 364. The number of rotatable bonds is 5. The smallest absolute Gasteiger partial charge is 0.233 e. The number of hydrogen-bond acceptors (Lipinski definition) is 2. The van der Waals surface area contributed by atoms with Gasteiger partial charge in [0.25, 0.3) is 0 Å². The molecular formula is C13H18ClNOS. The molecular weight excluding hydrogens is 254 g/mol. The average molecular weight is 272 g/mol. The Balaban J connectivity index is 2.63. The maximum Gasteiger partial charge on any atom is 0.233 e. The van der Waals surface area contributed by atoms with E-state index in [-0.39, 0.29) is 17.2 Å². The van der Waals surface area contributed by atoms with Gasteiger partial charge in [0.05, 0.1) is 5.25 Å². The number of thioether (sulfide) groups is 1. The van der Waals surface area contributed by atoms with Crippen molar-refractivity contribution < 1.29 is 4.79 Å². The zero-order valence-corrected chi connectivity index (χ0v) is 11.9. The highest BCUT2D eigenvalue weighted by Gasteiger charge is 2.18. The summed E-state index contributed by atoms with van der Waals surface area (Å²) < 4.78 is 0. The molecule has 0 aromatic heterocycles. The summed E-state index contributed by atoms with van der Waals surface area (Å²) in [7, 11) is 0. The zero-order chi connectivity index (χ0) is 12.8. The lowest BCUT2D eigenvalue weighted by Crippen LogP contribution is -2.36. The van der Waals surface area contributed by atoms with Crippen LogP contribution in [0.2, 0.25) is 5.02 Å². The second-order valence-corrected chi connectivity index (χ2v) is 5.84. The van der Waals surface area contributed by atoms with Crippen LogP contribution in [0.15, 0.2) is 29.2 Å². The maximum absolute atomic E-state index is 11.9. The van der Waals surface area contributed by atoms with E-state index >= 15 is 0 Å². The van der Waals surface area contributed by atoms with Crippen LogP contribution in [0.5, 0.6) is 0 Å². The minimum Gasteiger partial charge on any atom is -0.353 e. The molecule has 0 aliphatic heterocycles. The molecule has 17 heavy (non-hydrogen) atoms. The fraction of sp³-hybridized carbons (Fsp3) is 0.462. The van der Waals surface area contributed by atoms with Gasteiger partial charge in [0.15, 0.2) is 0 Å². The number of benzene rings is 1. The normalized spacial score (nSPS) is 12.5. The van der Waals surface area contributed by atoms with E-state index in [1.807, 2.05) is 45.0 Å².